The van der Waals surface area contributed by atoms with E-state index in [-0.39, 0.29) is 10.9 Å². The molecule has 1 aliphatic heterocycles. The van der Waals surface area contributed by atoms with Crippen molar-refractivity contribution in [2.45, 2.75) is 50.9 Å². The zero-order valence-corrected chi connectivity index (χ0v) is 16.5. The van der Waals surface area contributed by atoms with E-state index in [2.05, 4.69) is 66.6 Å². The van der Waals surface area contributed by atoms with Crippen LogP contribution in [-0.4, -0.2) is 37.9 Å². The summed E-state index contributed by atoms with van der Waals surface area (Å²) in [6, 6.07) is 8.71. The molecule has 3 heteroatoms. The lowest BCUT2D eigenvalue weighted by atomic mass is 9.70. The Morgan fingerprint density at radius 1 is 1.08 bits per heavy atom. The van der Waals surface area contributed by atoms with Crippen molar-refractivity contribution in [2.24, 2.45) is 0 Å². The summed E-state index contributed by atoms with van der Waals surface area (Å²) in [6.45, 7) is 10.1. The van der Waals surface area contributed by atoms with Gasteiger partial charge in [-0.15, -0.1) is 0 Å². The lowest BCUT2D eigenvalue weighted by Gasteiger charge is -2.41. The summed E-state index contributed by atoms with van der Waals surface area (Å²) in [4.78, 5) is 2.62. The molecule has 1 aromatic rings. The number of piperidine rings is 1. The smallest absolute Gasteiger partial charge is 0.0854 e. The Morgan fingerprint density at radius 2 is 1.77 bits per heavy atom. The highest BCUT2D eigenvalue weighted by Gasteiger charge is 2.27. The van der Waals surface area contributed by atoms with E-state index < -0.39 is 0 Å². The molecule has 0 aromatic heterocycles. The summed E-state index contributed by atoms with van der Waals surface area (Å²) in [5, 5.41) is 3.25. The molecule has 0 spiro atoms. The van der Waals surface area contributed by atoms with Crippen molar-refractivity contribution < 1.29 is 0 Å². The molecule has 1 N–H and O–H groups in total. The lowest BCUT2D eigenvalue weighted by molar-refractivity contribution is 0.106. The zero-order chi connectivity index (χ0) is 18.6. The third-order valence-corrected chi connectivity index (χ3v) is 5.51. The van der Waals surface area contributed by atoms with Gasteiger partial charge in [-0.05, 0) is 68.4 Å². The molecule has 0 amide bonds. The van der Waals surface area contributed by atoms with Crippen LogP contribution in [0.3, 0.4) is 0 Å². The van der Waals surface area contributed by atoms with E-state index in [0.29, 0.717) is 0 Å². The van der Waals surface area contributed by atoms with Crippen LogP contribution in [0.25, 0.3) is 5.57 Å². The highest BCUT2D eigenvalue weighted by molar-refractivity contribution is 6.18. The minimum Gasteiger partial charge on any atom is -0.383 e. The number of rotatable bonds is 5. The molecule has 1 aliphatic carbocycles. The maximum absolute atomic E-state index is 6.16. The van der Waals surface area contributed by atoms with Gasteiger partial charge in [-0.3, -0.25) is 4.90 Å². The van der Waals surface area contributed by atoms with Crippen molar-refractivity contribution in [3.05, 3.63) is 60.2 Å². The first-order valence-corrected chi connectivity index (χ1v) is 9.83. The molecule has 1 atom stereocenters. The zero-order valence-electron chi connectivity index (χ0n) is 16.5. The van der Waals surface area contributed by atoms with Crippen molar-refractivity contribution >= 4 is 19.1 Å². The number of likely N-dealkylation sites (tertiary alicyclic amines) is 1. The van der Waals surface area contributed by atoms with Crippen LogP contribution in [0.1, 0.15) is 45.6 Å². The number of nitrogens with zero attached hydrogens (tertiary/aromatic N) is 1. The quantitative estimate of drug-likeness (QED) is 0.736. The third kappa shape index (κ3) is 4.91. The van der Waals surface area contributed by atoms with Crippen molar-refractivity contribution in [3.8, 4) is 0 Å². The second-order valence-electron chi connectivity index (χ2n) is 8.47. The summed E-state index contributed by atoms with van der Waals surface area (Å²) in [5.41, 5.74) is 3.76. The van der Waals surface area contributed by atoms with E-state index in [1.807, 2.05) is 19.1 Å². The molecule has 1 fully saturated rings. The van der Waals surface area contributed by atoms with Crippen molar-refractivity contribution in [3.63, 3.8) is 0 Å². The molecule has 2 aliphatic rings. The first kappa shape index (κ1) is 19.0. The Balaban J connectivity index is 1.61. The van der Waals surface area contributed by atoms with E-state index in [0.717, 1.165) is 6.54 Å². The fourth-order valence-electron chi connectivity index (χ4n) is 3.64. The van der Waals surface area contributed by atoms with E-state index in [9.17, 15) is 0 Å². The van der Waals surface area contributed by atoms with Crippen LogP contribution in [-0.2, 0) is 0 Å². The Morgan fingerprint density at radius 3 is 2.46 bits per heavy atom. The van der Waals surface area contributed by atoms with Gasteiger partial charge in [0.15, 0.2) is 0 Å². The van der Waals surface area contributed by atoms with Gasteiger partial charge in [0.1, 0.15) is 0 Å². The van der Waals surface area contributed by atoms with Gasteiger partial charge >= 0.3 is 0 Å². The highest BCUT2D eigenvalue weighted by Crippen LogP contribution is 2.30. The molecule has 2 nitrogen and oxygen atoms in total. The summed E-state index contributed by atoms with van der Waals surface area (Å²) in [7, 11) is 6.16. The first-order valence-electron chi connectivity index (χ1n) is 9.83. The van der Waals surface area contributed by atoms with Crippen LogP contribution in [0.4, 0.5) is 5.69 Å². The van der Waals surface area contributed by atoms with Gasteiger partial charge in [0.2, 0.25) is 0 Å². The summed E-state index contributed by atoms with van der Waals surface area (Å²) in [6.07, 6.45) is 14.4. The second-order valence-corrected chi connectivity index (χ2v) is 8.47. The van der Waals surface area contributed by atoms with E-state index in [1.54, 1.807) is 0 Å². The fraction of sp³-hybridized carbons (Fsp3) is 0.478. The Bertz CT molecular complexity index is 689. The van der Waals surface area contributed by atoms with Crippen LogP contribution in [0.5, 0.6) is 0 Å². The third-order valence-electron chi connectivity index (χ3n) is 5.51. The number of allylic oxidation sites excluding steroid dienone is 6. The van der Waals surface area contributed by atoms with Gasteiger partial charge in [-0.1, -0.05) is 55.9 Å². The van der Waals surface area contributed by atoms with E-state index in [4.69, 9.17) is 7.85 Å². The number of hydrogen-bond donors (Lipinski definition) is 1. The van der Waals surface area contributed by atoms with Gasteiger partial charge < -0.3 is 5.32 Å². The molecule has 26 heavy (non-hydrogen) atoms. The number of hydrogen-bond acceptors (Lipinski definition) is 2. The van der Waals surface area contributed by atoms with Gasteiger partial charge in [-0.2, -0.15) is 0 Å². The lowest BCUT2D eigenvalue weighted by Crippen LogP contribution is -2.50. The minimum absolute atomic E-state index is 0.183. The van der Waals surface area contributed by atoms with Crippen LogP contribution >= 0.6 is 0 Å². The topological polar surface area (TPSA) is 15.3 Å². The summed E-state index contributed by atoms with van der Waals surface area (Å²) in [5.74, 6) is 0. The molecular formula is C23H31BN2. The Labute approximate surface area is 160 Å². The standard InChI is InChI=1S/C23H31BN2/c1-22(2,26-16-5-4-6-17-26)18-25-21-11-9-20(10-12-21)19-8-7-14-23(3,24)15-13-19/h7-15,25H,4-6,16-18H2,1-3H3. The second kappa shape index (κ2) is 7.88. The Kier molecular flexibility index (Phi) is 5.77. The van der Waals surface area contributed by atoms with Gasteiger partial charge in [-0.25, -0.2) is 0 Å². The van der Waals surface area contributed by atoms with Crippen molar-refractivity contribution in [1.29, 1.82) is 0 Å². The highest BCUT2D eigenvalue weighted by atomic mass is 15.2. The fourth-order valence-corrected chi connectivity index (χ4v) is 3.64. The normalized spacial score (nSPS) is 24.2. The molecule has 1 unspecified atom stereocenters. The minimum atomic E-state index is -0.375. The molecule has 3 rings (SSSR count). The average Bonchev–Trinajstić information content (AvgIpc) is 2.82. The van der Waals surface area contributed by atoms with Crippen LogP contribution in [0.2, 0.25) is 5.31 Å². The van der Waals surface area contributed by atoms with Crippen molar-refractivity contribution in [2.75, 3.05) is 25.0 Å². The van der Waals surface area contributed by atoms with Gasteiger partial charge in [0.25, 0.3) is 0 Å². The molecule has 2 radical (unpaired) electrons. The average molecular weight is 346 g/mol. The predicted octanol–water partition coefficient (Wildman–Crippen LogP) is 5.22. The van der Waals surface area contributed by atoms with Crippen molar-refractivity contribution in [1.82, 2.24) is 4.90 Å². The number of nitrogens with one attached hydrogen (secondary N) is 1. The van der Waals surface area contributed by atoms with Crippen LogP contribution < -0.4 is 5.32 Å². The number of benzene rings is 1. The molecule has 136 valence electrons. The molecule has 1 aromatic carbocycles. The molecule has 0 saturated carbocycles. The molecule has 1 heterocycles. The van der Waals surface area contributed by atoms with Gasteiger partial charge in [0.05, 0.1) is 7.85 Å². The number of anilines is 1. The van der Waals surface area contributed by atoms with Crippen LogP contribution in [0.15, 0.2) is 54.6 Å². The van der Waals surface area contributed by atoms with E-state index >= 15 is 0 Å². The van der Waals surface area contributed by atoms with Crippen LogP contribution in [0, 0.1) is 0 Å². The maximum Gasteiger partial charge on any atom is 0.0854 e. The Hall–Kier alpha value is -1.74. The molecule has 1 saturated heterocycles. The monoisotopic (exact) mass is 346 g/mol. The van der Waals surface area contributed by atoms with Gasteiger partial charge in [0, 0.05) is 17.8 Å². The largest absolute Gasteiger partial charge is 0.383 e. The molecule has 0 bridgehead atoms. The summed E-state index contributed by atoms with van der Waals surface area (Å²) >= 11 is 0. The first-order chi connectivity index (χ1) is 12.4. The summed E-state index contributed by atoms with van der Waals surface area (Å²) < 4.78 is 0. The predicted molar refractivity (Wildman–Crippen MR) is 115 cm³/mol. The SMILES string of the molecule is [B]C1(C)C=CC=C(c2ccc(NCC(C)(C)N3CCCCC3)cc2)C=C1. The van der Waals surface area contributed by atoms with E-state index in [1.165, 1.54) is 49.2 Å². The molecular weight excluding hydrogens is 315 g/mol. The maximum atomic E-state index is 6.16.